The maximum absolute atomic E-state index is 12.6. The van der Waals surface area contributed by atoms with E-state index >= 15 is 0 Å². The van der Waals surface area contributed by atoms with Gasteiger partial charge in [-0.25, -0.2) is 9.78 Å². The highest BCUT2D eigenvalue weighted by molar-refractivity contribution is 5.98. The smallest absolute Gasteiger partial charge is 0.337 e. The lowest BCUT2D eigenvalue weighted by Crippen LogP contribution is -2.40. The summed E-state index contributed by atoms with van der Waals surface area (Å²) in [6.45, 7) is 17.6. The van der Waals surface area contributed by atoms with Crippen LogP contribution in [0.1, 0.15) is 89.9 Å². The molecule has 4 rings (SSSR count). The molecule has 0 amide bonds. The Bertz CT molecular complexity index is 1420. The van der Waals surface area contributed by atoms with Gasteiger partial charge in [0, 0.05) is 37.0 Å². The number of ether oxygens (including phenoxy) is 1. The van der Waals surface area contributed by atoms with Gasteiger partial charge in [-0.3, -0.25) is 4.99 Å². The Morgan fingerprint density at radius 1 is 1.20 bits per heavy atom. The first-order valence-electron chi connectivity index (χ1n) is 14.1. The fourth-order valence-electron chi connectivity index (χ4n) is 5.10. The van der Waals surface area contributed by atoms with E-state index in [1.54, 1.807) is 4.52 Å². The number of carboxylic acids is 1. The summed E-state index contributed by atoms with van der Waals surface area (Å²) >= 11 is 0. The Balaban J connectivity index is 1.83. The van der Waals surface area contributed by atoms with Gasteiger partial charge in [-0.2, -0.15) is 9.61 Å². The molecule has 1 N–H and O–H groups in total. The van der Waals surface area contributed by atoms with Gasteiger partial charge >= 0.3 is 5.97 Å². The van der Waals surface area contributed by atoms with E-state index in [1.807, 2.05) is 71.9 Å². The minimum absolute atomic E-state index is 0.228. The second kappa shape index (κ2) is 11.5. The molecule has 214 valence electrons. The van der Waals surface area contributed by atoms with E-state index in [0.29, 0.717) is 22.6 Å². The highest BCUT2D eigenvalue weighted by Crippen LogP contribution is 2.38. The minimum Gasteiger partial charge on any atom is -0.479 e. The maximum Gasteiger partial charge on any atom is 0.337 e. The fraction of sp³-hybridized carbons (Fsp3) is 0.500. The van der Waals surface area contributed by atoms with Gasteiger partial charge in [0.25, 0.3) is 0 Å². The third-order valence-corrected chi connectivity index (χ3v) is 7.42. The molecule has 1 atom stereocenters. The summed E-state index contributed by atoms with van der Waals surface area (Å²) < 4.78 is 7.92. The second-order valence-corrected chi connectivity index (χ2v) is 12.5. The average molecular weight is 546 g/mol. The molecule has 0 radical (unpaired) electrons. The molecule has 1 saturated heterocycles. The van der Waals surface area contributed by atoms with Crippen molar-refractivity contribution in [1.82, 2.24) is 14.6 Å². The van der Waals surface area contributed by atoms with Gasteiger partial charge in [0.1, 0.15) is 11.5 Å². The molecule has 3 aromatic rings. The predicted molar refractivity (Wildman–Crippen MR) is 160 cm³/mol. The number of benzene rings is 1. The Labute approximate surface area is 237 Å². The van der Waals surface area contributed by atoms with Crippen LogP contribution in [0, 0.1) is 12.3 Å². The van der Waals surface area contributed by atoms with Crippen LogP contribution in [0.5, 0.6) is 0 Å². The summed E-state index contributed by atoms with van der Waals surface area (Å²) in [5.41, 5.74) is 5.04. The molecule has 1 aromatic carbocycles. The molecule has 0 saturated carbocycles. The first kappa shape index (κ1) is 29.5. The zero-order valence-electron chi connectivity index (χ0n) is 25.2. The zero-order valence-corrected chi connectivity index (χ0v) is 25.2. The largest absolute Gasteiger partial charge is 0.479 e. The van der Waals surface area contributed by atoms with Crippen molar-refractivity contribution < 1.29 is 14.6 Å². The van der Waals surface area contributed by atoms with Crippen molar-refractivity contribution in [1.29, 1.82) is 0 Å². The third kappa shape index (κ3) is 6.78. The predicted octanol–water partition coefficient (Wildman–Crippen LogP) is 6.56. The number of fused-ring (bicyclic) bond motifs is 1. The summed E-state index contributed by atoms with van der Waals surface area (Å²) in [6.07, 6.45) is 3.56. The molecule has 0 bridgehead atoms. The van der Waals surface area contributed by atoms with Crippen LogP contribution >= 0.6 is 0 Å². The van der Waals surface area contributed by atoms with Crippen LogP contribution in [0.15, 0.2) is 53.2 Å². The van der Waals surface area contributed by atoms with Crippen LogP contribution in [-0.2, 0) is 16.0 Å². The lowest BCUT2D eigenvalue weighted by atomic mass is 9.82. The number of hydrogen-bond donors (Lipinski definition) is 1. The molecule has 1 aliphatic rings. The van der Waals surface area contributed by atoms with Crippen LogP contribution in [0.25, 0.3) is 5.65 Å². The molecule has 8 nitrogen and oxygen atoms in total. The minimum atomic E-state index is -1.18. The van der Waals surface area contributed by atoms with Crippen LogP contribution in [-0.4, -0.2) is 50.1 Å². The number of aliphatic carboxylic acids is 1. The molecule has 0 spiro atoms. The van der Waals surface area contributed by atoms with Crippen molar-refractivity contribution in [3.8, 4) is 0 Å². The van der Waals surface area contributed by atoms with Crippen molar-refractivity contribution in [2.24, 2.45) is 10.4 Å². The van der Waals surface area contributed by atoms with E-state index in [4.69, 9.17) is 19.8 Å². The van der Waals surface area contributed by atoms with E-state index in [1.165, 1.54) is 5.56 Å². The molecule has 40 heavy (non-hydrogen) atoms. The Morgan fingerprint density at radius 3 is 2.42 bits per heavy atom. The molecular weight excluding hydrogens is 502 g/mol. The average Bonchev–Trinajstić information content (AvgIpc) is 3.30. The number of aromatic nitrogens is 3. The van der Waals surface area contributed by atoms with Gasteiger partial charge in [-0.1, -0.05) is 50.3 Å². The first-order chi connectivity index (χ1) is 18.8. The van der Waals surface area contributed by atoms with Crippen LogP contribution in [0.4, 0.5) is 5.82 Å². The van der Waals surface area contributed by atoms with E-state index in [-0.39, 0.29) is 5.41 Å². The monoisotopic (exact) mass is 545 g/mol. The molecule has 2 aromatic heterocycles. The number of rotatable bonds is 8. The SMILES string of the molecule is C/C=C(Cc1ccccc1)\N=C(/C)c1cc2nc(C)c(C(OC(C)(C)C)C(=O)O)c(N3CCC(C)(C)CC3)n2n1. The topological polar surface area (TPSA) is 92.3 Å². The number of nitrogens with zero attached hydrogens (tertiary/aromatic N) is 5. The van der Waals surface area contributed by atoms with E-state index in [0.717, 1.165) is 49.6 Å². The van der Waals surface area contributed by atoms with Gasteiger partial charge in [-0.05, 0) is 65.4 Å². The normalized spacial score (nSPS) is 17.4. The van der Waals surface area contributed by atoms with E-state index in [9.17, 15) is 9.90 Å². The molecule has 3 heterocycles. The molecule has 1 aliphatic heterocycles. The quantitative estimate of drug-likeness (QED) is 0.322. The second-order valence-electron chi connectivity index (χ2n) is 12.5. The summed E-state index contributed by atoms with van der Waals surface area (Å²) in [6, 6.07) is 12.2. The summed E-state index contributed by atoms with van der Waals surface area (Å²) in [7, 11) is 0. The van der Waals surface area contributed by atoms with Crippen LogP contribution in [0.3, 0.4) is 0 Å². The number of hydrogen-bond acceptors (Lipinski definition) is 6. The standard InChI is InChI=1S/C32H43N5O3/c1-9-24(19-23-13-11-10-12-14-23)33-21(2)25-20-26-34-22(3)27(28(30(38)39)40-31(4,5)6)29(37(26)35-25)36-17-15-32(7,8)16-18-36/h9-14,20,28H,15-19H2,1-8H3,(H,38,39)/b24-9-,33-21+. The summed E-state index contributed by atoms with van der Waals surface area (Å²) in [4.78, 5) is 24.6. The van der Waals surface area contributed by atoms with Crippen LogP contribution < -0.4 is 4.90 Å². The van der Waals surface area contributed by atoms with Crippen molar-refractivity contribution in [3.05, 3.63) is 70.7 Å². The van der Waals surface area contributed by atoms with Crippen molar-refractivity contribution >= 4 is 23.1 Å². The number of piperidine rings is 1. The third-order valence-electron chi connectivity index (χ3n) is 7.42. The highest BCUT2D eigenvalue weighted by atomic mass is 16.5. The number of anilines is 1. The van der Waals surface area contributed by atoms with Gasteiger partial charge in [0.05, 0.1) is 16.9 Å². The number of carbonyl (C=O) groups is 1. The lowest BCUT2D eigenvalue weighted by molar-refractivity contribution is -0.160. The Kier molecular flexibility index (Phi) is 8.49. The lowest BCUT2D eigenvalue weighted by Gasteiger charge is -2.39. The molecule has 1 fully saturated rings. The summed E-state index contributed by atoms with van der Waals surface area (Å²) in [5.74, 6) is -0.300. The van der Waals surface area contributed by atoms with Crippen molar-refractivity contribution in [2.75, 3.05) is 18.0 Å². The van der Waals surface area contributed by atoms with E-state index in [2.05, 4.69) is 30.9 Å². The van der Waals surface area contributed by atoms with Gasteiger partial charge < -0.3 is 14.7 Å². The molecule has 0 aliphatic carbocycles. The Morgan fingerprint density at radius 2 is 1.85 bits per heavy atom. The Hall–Kier alpha value is -3.52. The van der Waals surface area contributed by atoms with Gasteiger partial charge in [-0.15, -0.1) is 0 Å². The van der Waals surface area contributed by atoms with Crippen LogP contribution in [0.2, 0.25) is 0 Å². The van der Waals surface area contributed by atoms with E-state index < -0.39 is 17.7 Å². The zero-order chi connectivity index (χ0) is 29.2. The van der Waals surface area contributed by atoms with Gasteiger partial charge in [0.15, 0.2) is 11.8 Å². The van der Waals surface area contributed by atoms with Crippen molar-refractivity contribution in [2.45, 2.75) is 86.4 Å². The molecule has 1 unspecified atom stereocenters. The number of aryl methyl sites for hydroxylation is 1. The first-order valence-corrected chi connectivity index (χ1v) is 14.1. The maximum atomic E-state index is 12.6. The number of carboxylic acid groups (broad SMARTS) is 1. The fourth-order valence-corrected chi connectivity index (χ4v) is 5.10. The van der Waals surface area contributed by atoms with Gasteiger partial charge in [0.2, 0.25) is 0 Å². The number of aliphatic imine (C=N–C) groups is 1. The molecular formula is C32H43N5O3. The molecule has 8 heteroatoms. The summed E-state index contributed by atoms with van der Waals surface area (Å²) in [5, 5.41) is 15.3. The number of allylic oxidation sites excluding steroid dienone is 2. The highest BCUT2D eigenvalue weighted by Gasteiger charge is 2.36. The van der Waals surface area contributed by atoms with Crippen molar-refractivity contribution in [3.63, 3.8) is 0 Å².